The second kappa shape index (κ2) is 5.37. The first-order valence-electron chi connectivity index (χ1n) is 5.30. The largest absolute Gasteiger partial charge is 0.269 e. The van der Waals surface area contributed by atoms with E-state index in [9.17, 15) is 10.1 Å². The summed E-state index contributed by atoms with van der Waals surface area (Å²) in [6.07, 6.45) is 0. The highest BCUT2D eigenvalue weighted by atomic mass is 35.5. The molecule has 0 amide bonds. The van der Waals surface area contributed by atoms with Crippen LogP contribution in [0.2, 0.25) is 5.02 Å². The summed E-state index contributed by atoms with van der Waals surface area (Å²) in [6, 6.07) is 12.6. The molecule has 0 atom stereocenters. The number of nitrogens with zero attached hydrogens (tertiary/aromatic N) is 1. The molecule has 3 nitrogen and oxygen atoms in total. The van der Waals surface area contributed by atoms with Gasteiger partial charge in [-0.25, -0.2) is 0 Å². The number of benzene rings is 2. The molecule has 0 fully saturated rings. The van der Waals surface area contributed by atoms with Gasteiger partial charge in [-0.3, -0.25) is 10.1 Å². The molecule has 0 bridgehead atoms. The van der Waals surface area contributed by atoms with Crippen molar-refractivity contribution in [2.24, 2.45) is 0 Å². The number of alkyl halides is 2. The zero-order chi connectivity index (χ0) is 14.0. The summed E-state index contributed by atoms with van der Waals surface area (Å²) >= 11 is 18.4. The van der Waals surface area contributed by atoms with E-state index in [4.69, 9.17) is 34.8 Å². The van der Waals surface area contributed by atoms with Crippen molar-refractivity contribution in [3.8, 4) is 0 Å². The summed E-state index contributed by atoms with van der Waals surface area (Å²) in [5.74, 6) is 0. The summed E-state index contributed by atoms with van der Waals surface area (Å²) in [5, 5.41) is 11.3. The van der Waals surface area contributed by atoms with Crippen molar-refractivity contribution in [2.75, 3.05) is 0 Å². The number of halogens is 3. The minimum Gasteiger partial charge on any atom is -0.258 e. The highest BCUT2D eigenvalue weighted by Gasteiger charge is 2.30. The molecule has 0 heterocycles. The first-order chi connectivity index (χ1) is 8.91. The minimum absolute atomic E-state index is 0.0582. The second-order valence-corrected chi connectivity index (χ2v) is 5.65. The Morgan fingerprint density at radius 3 is 2.21 bits per heavy atom. The zero-order valence-corrected chi connectivity index (χ0v) is 11.8. The van der Waals surface area contributed by atoms with Crippen LogP contribution in [0.1, 0.15) is 11.1 Å². The topological polar surface area (TPSA) is 43.1 Å². The van der Waals surface area contributed by atoms with E-state index in [0.717, 1.165) is 0 Å². The smallest absolute Gasteiger partial charge is 0.258 e. The van der Waals surface area contributed by atoms with Gasteiger partial charge < -0.3 is 0 Å². The van der Waals surface area contributed by atoms with Crippen LogP contribution in [-0.4, -0.2) is 4.92 Å². The molecule has 0 spiro atoms. The Hall–Kier alpha value is -1.29. The van der Waals surface area contributed by atoms with Gasteiger partial charge in [-0.2, -0.15) is 0 Å². The SMILES string of the molecule is O=[N+]([O-])c1cccc(C(Cl)(Cl)c2ccc(Cl)cc2)c1. The standard InChI is InChI=1S/C13H8Cl3NO2/c14-11-6-4-9(5-7-11)13(15,16)10-2-1-3-12(8-10)17(18)19/h1-8H. The summed E-state index contributed by atoms with van der Waals surface area (Å²) in [6.45, 7) is 0. The summed E-state index contributed by atoms with van der Waals surface area (Å²) in [5.41, 5.74) is 0.977. The van der Waals surface area contributed by atoms with Crippen molar-refractivity contribution < 1.29 is 4.92 Å². The Morgan fingerprint density at radius 2 is 1.63 bits per heavy atom. The molecule has 0 aliphatic carbocycles. The van der Waals surface area contributed by atoms with E-state index in [2.05, 4.69) is 0 Å². The van der Waals surface area contributed by atoms with Crippen molar-refractivity contribution >= 4 is 40.5 Å². The van der Waals surface area contributed by atoms with E-state index in [1.54, 1.807) is 36.4 Å². The molecule has 0 saturated carbocycles. The number of hydrogen-bond donors (Lipinski definition) is 0. The molecule has 0 aliphatic heterocycles. The van der Waals surface area contributed by atoms with Gasteiger partial charge in [0.15, 0.2) is 4.33 Å². The van der Waals surface area contributed by atoms with Crippen molar-refractivity contribution in [3.05, 3.63) is 74.8 Å². The molecule has 2 rings (SSSR count). The average molecular weight is 317 g/mol. The highest BCUT2D eigenvalue weighted by Crippen LogP contribution is 2.41. The van der Waals surface area contributed by atoms with Gasteiger partial charge in [0.2, 0.25) is 0 Å². The maximum absolute atomic E-state index is 10.8. The van der Waals surface area contributed by atoms with Gasteiger partial charge in [0.25, 0.3) is 5.69 Å². The number of nitro groups is 1. The fraction of sp³-hybridized carbons (Fsp3) is 0.0769. The monoisotopic (exact) mass is 315 g/mol. The van der Waals surface area contributed by atoms with Gasteiger partial charge in [0, 0.05) is 17.2 Å². The van der Waals surface area contributed by atoms with E-state index in [1.165, 1.54) is 12.1 Å². The Bertz CT molecular complexity index is 612. The molecule has 0 radical (unpaired) electrons. The lowest BCUT2D eigenvalue weighted by molar-refractivity contribution is -0.384. The second-order valence-electron chi connectivity index (χ2n) is 3.89. The maximum atomic E-state index is 10.8. The first-order valence-corrected chi connectivity index (χ1v) is 6.43. The van der Waals surface area contributed by atoms with Crippen molar-refractivity contribution in [3.63, 3.8) is 0 Å². The molecule has 0 aliphatic rings. The van der Waals surface area contributed by atoms with Crippen molar-refractivity contribution in [1.29, 1.82) is 0 Å². The number of hydrogen-bond acceptors (Lipinski definition) is 2. The summed E-state index contributed by atoms with van der Waals surface area (Å²) in [7, 11) is 0. The Morgan fingerprint density at radius 1 is 1.00 bits per heavy atom. The van der Waals surface area contributed by atoms with Gasteiger partial charge in [-0.1, -0.05) is 59.1 Å². The minimum atomic E-state index is -1.36. The molecule has 98 valence electrons. The number of non-ortho nitro benzene ring substituents is 1. The van der Waals surface area contributed by atoms with Gasteiger partial charge >= 0.3 is 0 Å². The predicted octanol–water partition coefficient (Wildman–Crippen LogP) is 4.93. The maximum Gasteiger partial charge on any atom is 0.269 e. The molecular formula is C13H8Cl3NO2. The number of nitro benzene ring substituents is 1. The molecule has 6 heteroatoms. The third-order valence-electron chi connectivity index (χ3n) is 2.63. The van der Waals surface area contributed by atoms with Crippen LogP contribution in [0.4, 0.5) is 5.69 Å². The van der Waals surface area contributed by atoms with Crippen LogP contribution in [-0.2, 0) is 4.33 Å². The fourth-order valence-corrected chi connectivity index (χ4v) is 2.25. The van der Waals surface area contributed by atoms with Gasteiger partial charge in [0.1, 0.15) is 0 Å². The zero-order valence-electron chi connectivity index (χ0n) is 9.52. The van der Waals surface area contributed by atoms with E-state index in [1.807, 2.05) is 0 Å². The highest BCUT2D eigenvalue weighted by molar-refractivity contribution is 6.50. The Labute approximate surface area is 124 Å². The van der Waals surface area contributed by atoms with Gasteiger partial charge in [-0.15, -0.1) is 0 Å². The predicted molar refractivity (Wildman–Crippen MR) is 77.0 cm³/mol. The lowest BCUT2D eigenvalue weighted by atomic mass is 10.0. The van der Waals surface area contributed by atoms with Crippen LogP contribution >= 0.6 is 34.8 Å². The van der Waals surface area contributed by atoms with E-state index in [-0.39, 0.29) is 5.69 Å². The van der Waals surface area contributed by atoms with Crippen LogP contribution in [0.25, 0.3) is 0 Å². The Balaban J connectivity index is 2.46. The molecule has 19 heavy (non-hydrogen) atoms. The van der Waals surface area contributed by atoms with Crippen molar-refractivity contribution in [2.45, 2.75) is 4.33 Å². The third-order valence-corrected chi connectivity index (χ3v) is 3.75. The molecule has 0 unspecified atom stereocenters. The molecule has 0 N–H and O–H groups in total. The molecule has 2 aromatic rings. The lowest BCUT2D eigenvalue weighted by Gasteiger charge is -2.20. The van der Waals surface area contributed by atoms with Crippen molar-refractivity contribution in [1.82, 2.24) is 0 Å². The molecule has 0 saturated heterocycles. The quantitative estimate of drug-likeness (QED) is 0.458. The van der Waals surface area contributed by atoms with Crippen LogP contribution < -0.4 is 0 Å². The lowest BCUT2D eigenvalue weighted by Crippen LogP contribution is -2.12. The number of rotatable bonds is 3. The molecule has 2 aromatic carbocycles. The van der Waals surface area contributed by atoms with Gasteiger partial charge in [0.05, 0.1) is 4.92 Å². The van der Waals surface area contributed by atoms with E-state index < -0.39 is 9.26 Å². The summed E-state index contributed by atoms with van der Waals surface area (Å²) < 4.78 is -1.36. The fourth-order valence-electron chi connectivity index (χ4n) is 1.64. The van der Waals surface area contributed by atoms with E-state index >= 15 is 0 Å². The van der Waals surface area contributed by atoms with Crippen LogP contribution in [0.15, 0.2) is 48.5 Å². The molecule has 0 aromatic heterocycles. The van der Waals surface area contributed by atoms with Crippen LogP contribution in [0.3, 0.4) is 0 Å². The average Bonchev–Trinajstić information content (AvgIpc) is 2.39. The Kier molecular flexibility index (Phi) is 3.99. The van der Waals surface area contributed by atoms with Crippen LogP contribution in [0, 0.1) is 10.1 Å². The molecular weight excluding hydrogens is 309 g/mol. The van der Waals surface area contributed by atoms with Gasteiger partial charge in [-0.05, 0) is 23.3 Å². The normalized spacial score (nSPS) is 11.3. The first kappa shape index (κ1) is 14.1. The summed E-state index contributed by atoms with van der Waals surface area (Å²) in [4.78, 5) is 10.3. The van der Waals surface area contributed by atoms with Crippen LogP contribution in [0.5, 0.6) is 0 Å². The van der Waals surface area contributed by atoms with E-state index in [0.29, 0.717) is 16.1 Å². The third kappa shape index (κ3) is 3.00.